The molecule has 21 heavy (non-hydrogen) atoms. The van der Waals surface area contributed by atoms with E-state index in [2.05, 4.69) is 16.5 Å². The number of nitrogens with zero attached hydrogens (tertiary/aromatic N) is 2. The van der Waals surface area contributed by atoms with Crippen molar-refractivity contribution in [1.29, 1.82) is 0 Å². The second kappa shape index (κ2) is 5.87. The Labute approximate surface area is 127 Å². The lowest BCUT2D eigenvalue weighted by Gasteiger charge is -2.35. The highest BCUT2D eigenvalue weighted by Crippen LogP contribution is 2.43. The Morgan fingerprint density at radius 1 is 1.38 bits per heavy atom. The molecule has 1 aromatic carbocycles. The molecule has 1 aliphatic heterocycles. The number of aliphatic hydroxyl groups is 1. The van der Waals surface area contributed by atoms with Crippen LogP contribution in [0, 0.1) is 0 Å². The number of fused-ring (bicyclic) bond motifs is 1. The predicted octanol–water partition coefficient (Wildman–Crippen LogP) is 2.77. The van der Waals surface area contributed by atoms with E-state index in [9.17, 15) is 5.11 Å². The van der Waals surface area contributed by atoms with Crippen LogP contribution in [0.4, 0.5) is 0 Å². The van der Waals surface area contributed by atoms with Crippen molar-refractivity contribution in [3.8, 4) is 5.75 Å². The second-order valence-electron chi connectivity index (χ2n) is 4.80. The lowest BCUT2D eigenvalue weighted by Crippen LogP contribution is -2.34. The summed E-state index contributed by atoms with van der Waals surface area (Å²) in [6.45, 7) is 4.19. The summed E-state index contributed by atoms with van der Waals surface area (Å²) in [5.41, 5.74) is 0.388. The average molecular weight is 300 g/mol. The molecule has 1 aliphatic rings. The molecule has 2 aromatic rings. The maximum absolute atomic E-state index is 11.3. The van der Waals surface area contributed by atoms with E-state index in [1.165, 1.54) is 6.33 Å². The summed E-state index contributed by atoms with van der Waals surface area (Å²) in [5, 5.41) is 12.1. The number of rotatable bonds is 4. The van der Waals surface area contributed by atoms with Crippen molar-refractivity contribution in [3.63, 3.8) is 0 Å². The topological polar surface area (TPSA) is 55.2 Å². The molecule has 4 nitrogen and oxygen atoms in total. The Hall–Kier alpha value is -1.85. The van der Waals surface area contributed by atoms with Gasteiger partial charge in [-0.15, -0.1) is 18.3 Å². The maximum atomic E-state index is 11.3. The average Bonchev–Trinajstić information content (AvgIpc) is 2.54. The lowest BCUT2D eigenvalue weighted by atomic mass is 9.83. The predicted molar refractivity (Wildman–Crippen MR) is 82.5 cm³/mol. The van der Waals surface area contributed by atoms with Crippen LogP contribution in [-0.4, -0.2) is 27.4 Å². The summed E-state index contributed by atoms with van der Waals surface area (Å²) < 4.78 is 5.64. The smallest absolute Gasteiger partial charge is 0.125 e. The molecular formula is C16H16N2O2S. The van der Waals surface area contributed by atoms with Crippen LogP contribution in [0.3, 0.4) is 0 Å². The lowest BCUT2D eigenvalue weighted by molar-refractivity contribution is 0.0317. The Bertz CT molecular complexity index is 662. The quantitative estimate of drug-likeness (QED) is 0.534. The molecule has 1 N–H and O–H groups in total. The van der Waals surface area contributed by atoms with Gasteiger partial charge in [-0.1, -0.05) is 24.3 Å². The minimum Gasteiger partial charge on any atom is -0.493 e. The molecule has 0 aliphatic carbocycles. The van der Waals surface area contributed by atoms with E-state index >= 15 is 0 Å². The van der Waals surface area contributed by atoms with Gasteiger partial charge in [0.05, 0.1) is 6.61 Å². The summed E-state index contributed by atoms with van der Waals surface area (Å²) >= 11 is 1.54. The van der Waals surface area contributed by atoms with Gasteiger partial charge in [0.2, 0.25) is 0 Å². The SMILES string of the molecule is C=CCSc1ncncc1C1(O)CCOc2ccccc21. The molecule has 3 rings (SSSR count). The van der Waals surface area contributed by atoms with Crippen molar-refractivity contribution in [2.24, 2.45) is 0 Å². The first kappa shape index (κ1) is 14.1. The third-order valence-electron chi connectivity index (χ3n) is 3.51. The van der Waals surface area contributed by atoms with Gasteiger partial charge in [0.15, 0.2) is 0 Å². The standard InChI is InChI=1S/C16H16N2O2S/c1-2-9-21-15-13(10-17-11-18-15)16(19)7-8-20-14-6-4-3-5-12(14)16/h2-6,10-11,19H,1,7-9H2. The fraction of sp³-hybridized carbons (Fsp3) is 0.250. The van der Waals surface area contributed by atoms with E-state index < -0.39 is 5.60 Å². The molecule has 0 saturated heterocycles. The van der Waals surface area contributed by atoms with Crippen LogP contribution in [0.1, 0.15) is 17.5 Å². The van der Waals surface area contributed by atoms with E-state index in [4.69, 9.17) is 4.74 Å². The number of ether oxygens (including phenoxy) is 1. The molecule has 0 radical (unpaired) electrons. The Kier molecular flexibility index (Phi) is 3.94. The third-order valence-corrected chi connectivity index (χ3v) is 4.51. The zero-order valence-electron chi connectivity index (χ0n) is 11.5. The molecule has 5 heteroatoms. The van der Waals surface area contributed by atoms with Crippen molar-refractivity contribution in [2.45, 2.75) is 17.0 Å². The van der Waals surface area contributed by atoms with Crippen molar-refractivity contribution in [3.05, 3.63) is 60.6 Å². The molecule has 1 aromatic heterocycles. The van der Waals surface area contributed by atoms with Gasteiger partial charge in [-0.3, -0.25) is 0 Å². The number of para-hydroxylation sites is 1. The van der Waals surface area contributed by atoms with Crippen LogP contribution in [0.2, 0.25) is 0 Å². The van der Waals surface area contributed by atoms with Gasteiger partial charge in [-0.2, -0.15) is 0 Å². The zero-order chi connectivity index (χ0) is 14.7. The van der Waals surface area contributed by atoms with Crippen molar-refractivity contribution < 1.29 is 9.84 Å². The van der Waals surface area contributed by atoms with Crippen LogP contribution < -0.4 is 4.74 Å². The Morgan fingerprint density at radius 2 is 2.24 bits per heavy atom. The van der Waals surface area contributed by atoms with E-state index in [-0.39, 0.29) is 0 Å². The van der Waals surface area contributed by atoms with Crippen LogP contribution in [0.15, 0.2) is 54.5 Å². The zero-order valence-corrected chi connectivity index (χ0v) is 12.3. The number of benzene rings is 1. The van der Waals surface area contributed by atoms with Crippen molar-refractivity contribution in [2.75, 3.05) is 12.4 Å². The van der Waals surface area contributed by atoms with E-state index in [0.717, 1.165) is 27.7 Å². The molecule has 0 amide bonds. The van der Waals surface area contributed by atoms with Crippen LogP contribution in [0.5, 0.6) is 5.75 Å². The molecule has 1 atom stereocenters. The maximum Gasteiger partial charge on any atom is 0.125 e. The number of hydrogen-bond donors (Lipinski definition) is 1. The first-order valence-electron chi connectivity index (χ1n) is 6.74. The van der Waals surface area contributed by atoms with Gasteiger partial charge >= 0.3 is 0 Å². The highest BCUT2D eigenvalue weighted by Gasteiger charge is 2.39. The molecule has 108 valence electrons. The molecule has 0 fully saturated rings. The normalized spacial score (nSPS) is 20.4. The van der Waals surface area contributed by atoms with Gasteiger partial charge < -0.3 is 9.84 Å². The largest absolute Gasteiger partial charge is 0.493 e. The van der Waals surface area contributed by atoms with Gasteiger partial charge in [0, 0.05) is 29.5 Å². The Balaban J connectivity index is 2.10. The molecule has 1 unspecified atom stereocenters. The summed E-state index contributed by atoms with van der Waals surface area (Å²) in [6, 6.07) is 7.57. The summed E-state index contributed by atoms with van der Waals surface area (Å²) in [7, 11) is 0. The highest BCUT2D eigenvalue weighted by atomic mass is 32.2. The summed E-state index contributed by atoms with van der Waals surface area (Å²) in [4.78, 5) is 8.41. The highest BCUT2D eigenvalue weighted by molar-refractivity contribution is 7.99. The number of hydrogen-bond acceptors (Lipinski definition) is 5. The second-order valence-corrected chi connectivity index (χ2v) is 5.80. The van der Waals surface area contributed by atoms with E-state index in [0.29, 0.717) is 13.0 Å². The molecule has 0 spiro atoms. The number of aromatic nitrogens is 2. The van der Waals surface area contributed by atoms with Gasteiger partial charge in [0.1, 0.15) is 22.7 Å². The van der Waals surface area contributed by atoms with E-state index in [1.54, 1.807) is 18.0 Å². The molecule has 2 heterocycles. The van der Waals surface area contributed by atoms with Crippen LogP contribution >= 0.6 is 11.8 Å². The van der Waals surface area contributed by atoms with E-state index in [1.807, 2.05) is 30.3 Å². The van der Waals surface area contributed by atoms with Gasteiger partial charge in [-0.25, -0.2) is 9.97 Å². The fourth-order valence-electron chi connectivity index (χ4n) is 2.51. The van der Waals surface area contributed by atoms with Gasteiger partial charge in [0.25, 0.3) is 0 Å². The van der Waals surface area contributed by atoms with Gasteiger partial charge in [-0.05, 0) is 6.07 Å². The Morgan fingerprint density at radius 3 is 3.10 bits per heavy atom. The third kappa shape index (κ3) is 2.54. The summed E-state index contributed by atoms with van der Waals surface area (Å²) in [5.74, 6) is 1.45. The van der Waals surface area contributed by atoms with Crippen LogP contribution in [-0.2, 0) is 5.60 Å². The minimum atomic E-state index is -1.11. The first-order chi connectivity index (χ1) is 10.3. The monoisotopic (exact) mass is 300 g/mol. The minimum absolute atomic E-state index is 0.466. The molecular weight excluding hydrogens is 284 g/mol. The first-order valence-corrected chi connectivity index (χ1v) is 7.73. The molecule has 0 bridgehead atoms. The summed E-state index contributed by atoms with van der Waals surface area (Å²) in [6.07, 6.45) is 5.50. The van der Waals surface area contributed by atoms with Crippen LogP contribution in [0.25, 0.3) is 0 Å². The fourth-order valence-corrected chi connectivity index (χ4v) is 3.29. The number of thioether (sulfide) groups is 1. The van der Waals surface area contributed by atoms with Crippen molar-refractivity contribution in [1.82, 2.24) is 9.97 Å². The van der Waals surface area contributed by atoms with Crippen molar-refractivity contribution >= 4 is 11.8 Å². The molecule has 0 saturated carbocycles.